The Kier molecular flexibility index (Phi) is 5.71. The van der Waals surface area contributed by atoms with Gasteiger partial charge in [0.05, 0.1) is 0 Å². The number of anilines is 1. The first kappa shape index (κ1) is 16.7. The summed E-state index contributed by atoms with van der Waals surface area (Å²) >= 11 is 0. The average Bonchev–Trinajstić information content (AvgIpc) is 2.49. The van der Waals surface area contributed by atoms with Crippen molar-refractivity contribution < 1.29 is 18.3 Å². The highest BCUT2D eigenvalue weighted by Gasteiger charge is 2.32. The van der Waals surface area contributed by atoms with Crippen LogP contribution in [-0.4, -0.2) is 19.1 Å². The Morgan fingerprint density at radius 1 is 1.23 bits per heavy atom. The van der Waals surface area contributed by atoms with Crippen LogP contribution in [0, 0.1) is 5.41 Å². The Bertz CT molecular complexity index is 485. The number of carbonyl (C=O) groups is 1. The van der Waals surface area contributed by atoms with Crippen molar-refractivity contribution in [3.63, 3.8) is 0 Å². The number of rotatable bonds is 6. The van der Waals surface area contributed by atoms with Gasteiger partial charge >= 0.3 is 6.61 Å². The zero-order valence-electron chi connectivity index (χ0n) is 12.5. The van der Waals surface area contributed by atoms with Crippen LogP contribution in [0.4, 0.5) is 14.5 Å². The van der Waals surface area contributed by atoms with Crippen LogP contribution < -0.4 is 15.8 Å². The van der Waals surface area contributed by atoms with Gasteiger partial charge in [0, 0.05) is 12.1 Å². The lowest BCUT2D eigenvalue weighted by atomic mass is 9.71. The second kappa shape index (κ2) is 7.54. The molecule has 0 atom stereocenters. The van der Waals surface area contributed by atoms with Crippen molar-refractivity contribution in [3.05, 3.63) is 24.3 Å². The molecule has 1 aliphatic carbocycles. The molecule has 4 nitrogen and oxygen atoms in total. The number of amides is 1. The molecule has 0 unspecified atom stereocenters. The first-order valence-corrected chi connectivity index (χ1v) is 7.58. The zero-order chi connectivity index (χ0) is 16.0. The summed E-state index contributed by atoms with van der Waals surface area (Å²) in [6.07, 6.45) is 5.80. The van der Waals surface area contributed by atoms with E-state index in [-0.39, 0.29) is 17.1 Å². The minimum absolute atomic E-state index is 0.0682. The standard InChI is InChI=1S/C16H22F2N2O2/c17-15(18)22-13-6-4-12(5-7-13)20-14(21)10-16(11-19)8-2-1-3-9-16/h4-7,15H,1-3,8-11,19H2,(H,20,21). The van der Waals surface area contributed by atoms with Gasteiger partial charge in [0.25, 0.3) is 0 Å². The van der Waals surface area contributed by atoms with Gasteiger partial charge in [0.2, 0.25) is 5.91 Å². The number of carbonyl (C=O) groups excluding carboxylic acids is 1. The number of ether oxygens (including phenoxy) is 1. The van der Waals surface area contributed by atoms with Crippen molar-refractivity contribution in [2.45, 2.75) is 45.1 Å². The molecule has 0 heterocycles. The third kappa shape index (κ3) is 4.66. The largest absolute Gasteiger partial charge is 0.435 e. The molecule has 122 valence electrons. The Hall–Kier alpha value is -1.69. The van der Waals surface area contributed by atoms with Gasteiger partial charge in [-0.2, -0.15) is 8.78 Å². The van der Waals surface area contributed by atoms with Crippen molar-refractivity contribution >= 4 is 11.6 Å². The smallest absolute Gasteiger partial charge is 0.387 e. The molecule has 1 aromatic rings. The van der Waals surface area contributed by atoms with Gasteiger partial charge in [0.1, 0.15) is 5.75 Å². The van der Waals surface area contributed by atoms with Crippen LogP contribution in [-0.2, 0) is 4.79 Å². The number of alkyl halides is 2. The predicted octanol–water partition coefficient (Wildman–Crippen LogP) is 3.53. The SMILES string of the molecule is NCC1(CC(=O)Nc2ccc(OC(F)F)cc2)CCCCC1. The van der Waals surface area contributed by atoms with E-state index in [4.69, 9.17) is 5.73 Å². The van der Waals surface area contributed by atoms with Gasteiger partial charge in [-0.3, -0.25) is 4.79 Å². The molecule has 1 aliphatic rings. The third-order valence-electron chi connectivity index (χ3n) is 4.25. The molecule has 1 aromatic carbocycles. The number of nitrogens with one attached hydrogen (secondary N) is 1. The van der Waals surface area contributed by atoms with Crippen LogP contribution in [0.5, 0.6) is 5.75 Å². The van der Waals surface area contributed by atoms with E-state index in [1.807, 2.05) is 0 Å². The summed E-state index contributed by atoms with van der Waals surface area (Å²) in [5, 5.41) is 2.79. The van der Waals surface area contributed by atoms with Crippen LogP contribution >= 0.6 is 0 Å². The van der Waals surface area contributed by atoms with Crippen LogP contribution in [0.2, 0.25) is 0 Å². The highest BCUT2D eigenvalue weighted by molar-refractivity contribution is 5.91. The molecule has 1 saturated carbocycles. The van der Waals surface area contributed by atoms with Crippen LogP contribution in [0.25, 0.3) is 0 Å². The van der Waals surface area contributed by atoms with Crippen LogP contribution in [0.3, 0.4) is 0 Å². The molecule has 0 aliphatic heterocycles. The van der Waals surface area contributed by atoms with Crippen LogP contribution in [0.15, 0.2) is 24.3 Å². The second-order valence-corrected chi connectivity index (χ2v) is 5.89. The van der Waals surface area contributed by atoms with E-state index in [0.29, 0.717) is 18.7 Å². The Balaban J connectivity index is 1.91. The van der Waals surface area contributed by atoms with E-state index in [1.165, 1.54) is 18.6 Å². The van der Waals surface area contributed by atoms with Gasteiger partial charge in [-0.05, 0) is 49.1 Å². The normalized spacial score (nSPS) is 17.3. The van der Waals surface area contributed by atoms with Gasteiger partial charge in [0.15, 0.2) is 0 Å². The molecular weight excluding hydrogens is 290 g/mol. The van der Waals surface area contributed by atoms with E-state index < -0.39 is 6.61 Å². The third-order valence-corrected chi connectivity index (χ3v) is 4.25. The maximum absolute atomic E-state index is 12.2. The zero-order valence-corrected chi connectivity index (χ0v) is 12.5. The molecule has 0 saturated heterocycles. The molecular formula is C16H22F2N2O2. The molecule has 0 aromatic heterocycles. The Morgan fingerprint density at radius 2 is 1.86 bits per heavy atom. The average molecular weight is 312 g/mol. The molecule has 6 heteroatoms. The molecule has 0 bridgehead atoms. The minimum atomic E-state index is -2.85. The molecule has 0 radical (unpaired) electrons. The summed E-state index contributed by atoms with van der Waals surface area (Å²) in [5.74, 6) is -0.0198. The minimum Gasteiger partial charge on any atom is -0.435 e. The molecule has 22 heavy (non-hydrogen) atoms. The van der Waals surface area contributed by atoms with Gasteiger partial charge in [-0.15, -0.1) is 0 Å². The van der Waals surface area contributed by atoms with Gasteiger partial charge < -0.3 is 15.8 Å². The maximum atomic E-state index is 12.2. The summed E-state index contributed by atoms with van der Waals surface area (Å²) in [4.78, 5) is 12.2. The van der Waals surface area contributed by atoms with Gasteiger partial charge in [-0.1, -0.05) is 19.3 Å². The Morgan fingerprint density at radius 3 is 2.41 bits per heavy atom. The number of hydrogen-bond donors (Lipinski definition) is 2. The summed E-state index contributed by atoms with van der Waals surface area (Å²) in [6.45, 7) is -2.34. The molecule has 2 rings (SSSR count). The summed E-state index contributed by atoms with van der Waals surface area (Å²) in [7, 11) is 0. The molecule has 1 amide bonds. The summed E-state index contributed by atoms with van der Waals surface area (Å²) in [5.41, 5.74) is 6.35. The van der Waals surface area contributed by atoms with E-state index >= 15 is 0 Å². The summed E-state index contributed by atoms with van der Waals surface area (Å²) < 4.78 is 28.4. The predicted molar refractivity (Wildman–Crippen MR) is 80.9 cm³/mol. The lowest BCUT2D eigenvalue weighted by Gasteiger charge is -2.35. The number of benzene rings is 1. The number of halogens is 2. The quantitative estimate of drug-likeness (QED) is 0.844. The highest BCUT2D eigenvalue weighted by Crippen LogP contribution is 2.38. The monoisotopic (exact) mass is 312 g/mol. The molecule has 0 spiro atoms. The van der Waals surface area contributed by atoms with Crippen molar-refractivity contribution in [1.82, 2.24) is 0 Å². The summed E-state index contributed by atoms with van der Waals surface area (Å²) in [6, 6.07) is 5.90. The Labute approximate surface area is 129 Å². The van der Waals surface area contributed by atoms with E-state index in [0.717, 1.165) is 25.7 Å². The second-order valence-electron chi connectivity index (χ2n) is 5.89. The maximum Gasteiger partial charge on any atom is 0.387 e. The first-order valence-electron chi connectivity index (χ1n) is 7.58. The van der Waals surface area contributed by atoms with Crippen molar-refractivity contribution in [2.24, 2.45) is 11.1 Å². The van der Waals surface area contributed by atoms with Crippen molar-refractivity contribution in [2.75, 3.05) is 11.9 Å². The van der Waals surface area contributed by atoms with E-state index in [1.54, 1.807) is 12.1 Å². The fraction of sp³-hybridized carbons (Fsp3) is 0.562. The van der Waals surface area contributed by atoms with Crippen molar-refractivity contribution in [3.8, 4) is 5.75 Å². The van der Waals surface area contributed by atoms with E-state index in [2.05, 4.69) is 10.1 Å². The highest BCUT2D eigenvalue weighted by atomic mass is 19.3. The van der Waals surface area contributed by atoms with Crippen LogP contribution in [0.1, 0.15) is 38.5 Å². The fourth-order valence-corrected chi connectivity index (χ4v) is 3.02. The van der Waals surface area contributed by atoms with Gasteiger partial charge in [-0.25, -0.2) is 0 Å². The fourth-order valence-electron chi connectivity index (χ4n) is 3.02. The lowest BCUT2D eigenvalue weighted by Crippen LogP contribution is -2.36. The first-order chi connectivity index (χ1) is 10.5. The van der Waals surface area contributed by atoms with Crippen molar-refractivity contribution in [1.29, 1.82) is 0 Å². The molecule has 1 fully saturated rings. The lowest BCUT2D eigenvalue weighted by molar-refractivity contribution is -0.118. The van der Waals surface area contributed by atoms with E-state index in [9.17, 15) is 13.6 Å². The molecule has 3 N–H and O–H groups in total. The number of hydrogen-bond acceptors (Lipinski definition) is 3. The number of nitrogens with two attached hydrogens (primary N) is 1. The topological polar surface area (TPSA) is 64.4 Å².